The Morgan fingerprint density at radius 2 is 1.72 bits per heavy atom. The normalized spacial score (nSPS) is 14.9. The zero-order chi connectivity index (χ0) is 27.2. The summed E-state index contributed by atoms with van der Waals surface area (Å²) < 4.78 is 0. The van der Waals surface area contributed by atoms with Crippen LogP contribution in [0.4, 0.5) is 10.5 Å². The van der Waals surface area contributed by atoms with Crippen molar-refractivity contribution in [3.8, 4) is 0 Å². The number of carbonyl (C=O) groups excluding carboxylic acids is 2. The summed E-state index contributed by atoms with van der Waals surface area (Å²) in [6.07, 6.45) is 4.14. The lowest BCUT2D eigenvalue weighted by atomic mass is 9.89. The molecule has 3 N–H and O–H groups in total. The highest BCUT2D eigenvalue weighted by molar-refractivity contribution is 5.97. The van der Waals surface area contributed by atoms with Crippen molar-refractivity contribution in [3.63, 3.8) is 0 Å². The number of H-pyrrole nitrogens is 1. The molecule has 0 spiro atoms. The summed E-state index contributed by atoms with van der Waals surface area (Å²) in [7, 11) is 4.03. The fourth-order valence-corrected chi connectivity index (χ4v) is 5.45. The zero-order valence-corrected chi connectivity index (χ0v) is 22.7. The van der Waals surface area contributed by atoms with Gasteiger partial charge in [0.1, 0.15) is 6.04 Å². The number of anilines is 1. The van der Waals surface area contributed by atoms with E-state index in [-0.39, 0.29) is 11.9 Å². The van der Waals surface area contributed by atoms with E-state index in [0.29, 0.717) is 25.4 Å². The third-order valence-electron chi connectivity index (χ3n) is 7.46. The lowest BCUT2D eigenvalue weighted by molar-refractivity contribution is -0.118. The van der Waals surface area contributed by atoms with E-state index in [2.05, 4.69) is 44.8 Å². The Hall–Kier alpha value is -4.10. The molecule has 1 aliphatic rings. The molecule has 1 fully saturated rings. The molecule has 2 heterocycles. The number of amides is 3. The number of hydrogen-bond donors (Lipinski definition) is 3. The number of nitrogens with one attached hydrogen (secondary N) is 3. The number of benzene rings is 3. The number of urea groups is 1. The highest BCUT2D eigenvalue weighted by Crippen LogP contribution is 2.28. The Kier molecular flexibility index (Phi) is 8.27. The van der Waals surface area contributed by atoms with Crippen molar-refractivity contribution >= 4 is 28.5 Å². The van der Waals surface area contributed by atoms with Crippen molar-refractivity contribution in [1.82, 2.24) is 20.1 Å². The Bertz CT molecular complexity index is 1410. The Morgan fingerprint density at radius 3 is 2.49 bits per heavy atom. The molecule has 202 valence electrons. The summed E-state index contributed by atoms with van der Waals surface area (Å²) >= 11 is 0. The van der Waals surface area contributed by atoms with Crippen LogP contribution < -0.4 is 10.6 Å². The van der Waals surface area contributed by atoms with E-state index in [1.807, 2.05) is 79.8 Å². The first-order chi connectivity index (χ1) is 19.0. The van der Waals surface area contributed by atoms with Crippen LogP contribution in [0.1, 0.15) is 35.4 Å². The molecule has 39 heavy (non-hydrogen) atoms. The Morgan fingerprint density at radius 1 is 0.974 bits per heavy atom. The average molecular weight is 524 g/mol. The molecule has 0 saturated carbocycles. The fraction of sp³-hybridized carbons (Fsp3) is 0.312. The lowest BCUT2D eigenvalue weighted by Gasteiger charge is -2.33. The van der Waals surface area contributed by atoms with E-state index >= 15 is 0 Å². The van der Waals surface area contributed by atoms with Crippen molar-refractivity contribution in [2.24, 2.45) is 0 Å². The number of carbonyl (C=O) groups is 2. The van der Waals surface area contributed by atoms with Gasteiger partial charge in [0, 0.05) is 48.8 Å². The number of aromatic nitrogens is 1. The third kappa shape index (κ3) is 6.67. The number of likely N-dealkylation sites (tertiary alicyclic amines) is 1. The van der Waals surface area contributed by atoms with Gasteiger partial charge < -0.3 is 25.4 Å². The highest BCUT2D eigenvalue weighted by atomic mass is 16.2. The predicted octanol–water partition coefficient (Wildman–Crippen LogP) is 5.37. The molecule has 0 bridgehead atoms. The highest BCUT2D eigenvalue weighted by Gasteiger charge is 2.28. The minimum absolute atomic E-state index is 0.192. The van der Waals surface area contributed by atoms with Gasteiger partial charge in [0.15, 0.2) is 0 Å². The lowest BCUT2D eigenvalue weighted by Crippen LogP contribution is -2.52. The first-order valence-electron chi connectivity index (χ1n) is 13.7. The standard InChI is InChI=1S/C32H37N5O2/c1-36(2)22-23-9-8-12-27(19-23)34-31(38)30(20-26-21-33-29-14-7-6-13-28(26)29)35-32(39)37-17-15-25(16-18-37)24-10-4-3-5-11-24/h3-14,19,21,25,30,33H,15-18,20,22H2,1-2H3,(H,34,38)(H,35,39)/t30-/m1/s1. The van der Waals surface area contributed by atoms with E-state index in [0.717, 1.165) is 47.1 Å². The maximum absolute atomic E-state index is 13.6. The maximum Gasteiger partial charge on any atom is 0.318 e. The van der Waals surface area contributed by atoms with Gasteiger partial charge in [0.25, 0.3) is 0 Å². The SMILES string of the molecule is CN(C)Cc1cccc(NC(=O)[C@@H](Cc2c[nH]c3ccccc23)NC(=O)N2CCC(c3ccccc3)CC2)c1. The first-order valence-corrected chi connectivity index (χ1v) is 13.7. The molecule has 0 aliphatic carbocycles. The molecular formula is C32H37N5O2. The van der Waals surface area contributed by atoms with Gasteiger partial charge >= 0.3 is 6.03 Å². The molecule has 7 heteroatoms. The zero-order valence-electron chi connectivity index (χ0n) is 22.7. The second-order valence-corrected chi connectivity index (χ2v) is 10.7. The van der Waals surface area contributed by atoms with Crippen LogP contribution >= 0.6 is 0 Å². The van der Waals surface area contributed by atoms with Gasteiger partial charge in [0.05, 0.1) is 0 Å². The summed E-state index contributed by atoms with van der Waals surface area (Å²) in [5.74, 6) is 0.227. The number of rotatable bonds is 8. The second-order valence-electron chi connectivity index (χ2n) is 10.7. The van der Waals surface area contributed by atoms with E-state index in [1.165, 1.54) is 5.56 Å². The topological polar surface area (TPSA) is 80.5 Å². The molecule has 1 saturated heterocycles. The van der Waals surface area contributed by atoms with Gasteiger partial charge in [-0.25, -0.2) is 4.79 Å². The quantitative estimate of drug-likeness (QED) is 0.291. The third-order valence-corrected chi connectivity index (χ3v) is 7.46. The number of para-hydroxylation sites is 1. The molecule has 0 unspecified atom stereocenters. The molecule has 4 aromatic rings. The van der Waals surface area contributed by atoms with Gasteiger partial charge in [-0.3, -0.25) is 4.79 Å². The van der Waals surface area contributed by atoms with Crippen molar-refractivity contribution < 1.29 is 9.59 Å². The molecule has 1 aromatic heterocycles. The summed E-state index contributed by atoms with van der Waals surface area (Å²) in [6.45, 7) is 2.11. The Labute approximate surface area is 230 Å². The summed E-state index contributed by atoms with van der Waals surface area (Å²) in [4.78, 5) is 34.2. The molecule has 1 atom stereocenters. The van der Waals surface area contributed by atoms with E-state index in [4.69, 9.17) is 0 Å². The van der Waals surface area contributed by atoms with Crippen LogP contribution in [0.5, 0.6) is 0 Å². The van der Waals surface area contributed by atoms with Crippen LogP contribution in [0.3, 0.4) is 0 Å². The van der Waals surface area contributed by atoms with E-state index in [1.54, 1.807) is 0 Å². The van der Waals surface area contributed by atoms with Gasteiger partial charge in [0.2, 0.25) is 5.91 Å². The van der Waals surface area contributed by atoms with Crippen LogP contribution in [0.2, 0.25) is 0 Å². The molecule has 1 aliphatic heterocycles. The predicted molar refractivity (Wildman–Crippen MR) is 157 cm³/mol. The van der Waals surface area contributed by atoms with Crippen LogP contribution in [0.25, 0.3) is 10.9 Å². The van der Waals surface area contributed by atoms with Gasteiger partial charge in [-0.15, -0.1) is 0 Å². The number of nitrogens with zero attached hydrogens (tertiary/aromatic N) is 2. The van der Waals surface area contributed by atoms with Crippen LogP contribution in [0.15, 0.2) is 85.1 Å². The van der Waals surface area contributed by atoms with Crippen molar-refractivity contribution in [2.75, 3.05) is 32.5 Å². The molecule has 3 aromatic carbocycles. The van der Waals surface area contributed by atoms with Crippen LogP contribution in [-0.4, -0.2) is 59.9 Å². The van der Waals surface area contributed by atoms with E-state index < -0.39 is 6.04 Å². The van der Waals surface area contributed by atoms with Crippen molar-refractivity contribution in [1.29, 1.82) is 0 Å². The minimum Gasteiger partial charge on any atom is -0.361 e. The van der Waals surface area contributed by atoms with Crippen LogP contribution in [-0.2, 0) is 17.8 Å². The monoisotopic (exact) mass is 523 g/mol. The summed E-state index contributed by atoms with van der Waals surface area (Å²) in [5, 5.41) is 7.17. The largest absolute Gasteiger partial charge is 0.361 e. The molecule has 0 radical (unpaired) electrons. The first kappa shape index (κ1) is 26.5. The minimum atomic E-state index is -0.721. The average Bonchev–Trinajstić information content (AvgIpc) is 3.36. The fourth-order valence-electron chi connectivity index (χ4n) is 5.45. The Balaban J connectivity index is 1.30. The van der Waals surface area contributed by atoms with Gasteiger partial charge in [-0.05, 0) is 67.7 Å². The molecular weight excluding hydrogens is 486 g/mol. The molecule has 5 rings (SSSR count). The molecule has 7 nitrogen and oxygen atoms in total. The smallest absolute Gasteiger partial charge is 0.318 e. The number of fused-ring (bicyclic) bond motifs is 1. The van der Waals surface area contributed by atoms with E-state index in [9.17, 15) is 9.59 Å². The van der Waals surface area contributed by atoms with Crippen LogP contribution in [0, 0.1) is 0 Å². The van der Waals surface area contributed by atoms with Gasteiger partial charge in [-0.1, -0.05) is 60.7 Å². The number of piperidine rings is 1. The second kappa shape index (κ2) is 12.2. The molecule has 3 amide bonds. The van der Waals surface area contributed by atoms with Crippen molar-refractivity contribution in [2.45, 2.75) is 37.8 Å². The van der Waals surface area contributed by atoms with Gasteiger partial charge in [-0.2, -0.15) is 0 Å². The number of hydrogen-bond acceptors (Lipinski definition) is 3. The summed E-state index contributed by atoms with van der Waals surface area (Å²) in [6, 6.07) is 25.5. The van der Waals surface area contributed by atoms with Crippen molar-refractivity contribution in [3.05, 3.63) is 102 Å². The summed E-state index contributed by atoms with van der Waals surface area (Å²) in [5.41, 5.74) is 5.16. The maximum atomic E-state index is 13.6. The number of aromatic amines is 1.